The van der Waals surface area contributed by atoms with Crippen LogP contribution in [0.25, 0.3) is 0 Å². The summed E-state index contributed by atoms with van der Waals surface area (Å²) in [6, 6.07) is 1.65. The summed E-state index contributed by atoms with van der Waals surface area (Å²) in [6.45, 7) is 7.10. The van der Waals surface area contributed by atoms with Gasteiger partial charge in [-0.2, -0.15) is 5.10 Å². The van der Waals surface area contributed by atoms with Crippen molar-refractivity contribution in [2.45, 2.75) is 32.2 Å². The van der Waals surface area contributed by atoms with Crippen molar-refractivity contribution in [3.05, 3.63) is 22.6 Å². The molecule has 0 N–H and O–H groups in total. The molecule has 0 spiro atoms. The summed E-state index contributed by atoms with van der Waals surface area (Å²) in [7, 11) is 1.64. The molecule has 0 bridgehead atoms. The number of anilines is 1. The fraction of sp³-hybridized carbons (Fsp3) is 0.706. The van der Waals surface area contributed by atoms with Crippen molar-refractivity contribution in [2.75, 3.05) is 44.2 Å². The van der Waals surface area contributed by atoms with Crippen LogP contribution in [0.5, 0.6) is 0 Å². The Labute approximate surface area is 142 Å². The van der Waals surface area contributed by atoms with Gasteiger partial charge in [-0.05, 0) is 32.4 Å². The second-order valence-corrected chi connectivity index (χ2v) is 6.66. The zero-order chi connectivity index (χ0) is 17.1. The third-order valence-corrected chi connectivity index (χ3v) is 5.16. The number of hydrogen-bond donors (Lipinski definition) is 0. The Morgan fingerprint density at radius 2 is 1.83 bits per heavy atom. The van der Waals surface area contributed by atoms with Gasteiger partial charge in [0.15, 0.2) is 0 Å². The van der Waals surface area contributed by atoms with Gasteiger partial charge < -0.3 is 9.80 Å². The average Bonchev–Trinajstić information content (AvgIpc) is 3.12. The largest absolute Gasteiger partial charge is 0.367 e. The van der Waals surface area contributed by atoms with Crippen LogP contribution in [0.4, 0.5) is 5.69 Å². The van der Waals surface area contributed by atoms with E-state index in [0.29, 0.717) is 13.1 Å². The van der Waals surface area contributed by atoms with Crippen LogP contribution in [0.15, 0.2) is 17.1 Å². The number of nitrogens with zero attached hydrogens (tertiary/aromatic N) is 5. The molecule has 3 rings (SSSR count). The van der Waals surface area contributed by atoms with Crippen molar-refractivity contribution in [1.29, 1.82) is 0 Å². The van der Waals surface area contributed by atoms with Crippen LogP contribution in [0.3, 0.4) is 0 Å². The van der Waals surface area contributed by atoms with Crippen molar-refractivity contribution in [1.82, 2.24) is 19.6 Å². The third-order valence-electron chi connectivity index (χ3n) is 5.16. The summed E-state index contributed by atoms with van der Waals surface area (Å²) in [6.07, 6.45) is 5.00. The lowest BCUT2D eigenvalue weighted by atomic mass is 10.1. The van der Waals surface area contributed by atoms with E-state index in [2.05, 4.69) is 21.8 Å². The van der Waals surface area contributed by atoms with Gasteiger partial charge in [0.05, 0.1) is 17.9 Å². The van der Waals surface area contributed by atoms with Crippen LogP contribution >= 0.6 is 0 Å². The zero-order valence-electron chi connectivity index (χ0n) is 14.6. The Morgan fingerprint density at radius 1 is 1.17 bits per heavy atom. The highest BCUT2D eigenvalue weighted by Crippen LogP contribution is 2.18. The number of amides is 1. The number of carbonyl (C=O) groups is 1. The zero-order valence-corrected chi connectivity index (χ0v) is 14.6. The number of carbonyl (C=O) groups excluding carboxylic acids is 1. The molecule has 1 amide bonds. The first-order valence-electron chi connectivity index (χ1n) is 8.91. The van der Waals surface area contributed by atoms with Crippen LogP contribution < -0.4 is 10.5 Å². The van der Waals surface area contributed by atoms with E-state index in [4.69, 9.17) is 0 Å². The highest BCUT2D eigenvalue weighted by molar-refractivity contribution is 5.82. The van der Waals surface area contributed by atoms with E-state index in [1.165, 1.54) is 17.5 Å². The molecule has 0 radical (unpaired) electrons. The summed E-state index contributed by atoms with van der Waals surface area (Å²) in [5.41, 5.74) is 0.739. The van der Waals surface area contributed by atoms with E-state index in [1.54, 1.807) is 19.3 Å². The first kappa shape index (κ1) is 17.0. The molecule has 7 heteroatoms. The summed E-state index contributed by atoms with van der Waals surface area (Å²) >= 11 is 0. The summed E-state index contributed by atoms with van der Waals surface area (Å²) < 4.78 is 1.32. The fourth-order valence-electron chi connectivity index (χ4n) is 3.67. The molecule has 7 nitrogen and oxygen atoms in total. The maximum Gasteiger partial charge on any atom is 0.268 e. The minimum absolute atomic E-state index is 0.0322. The molecule has 1 atom stereocenters. The second kappa shape index (κ2) is 7.34. The normalized spacial score (nSPS) is 20.4. The smallest absolute Gasteiger partial charge is 0.268 e. The molecular weight excluding hydrogens is 306 g/mol. The van der Waals surface area contributed by atoms with Crippen molar-refractivity contribution in [3.63, 3.8) is 0 Å². The van der Waals surface area contributed by atoms with Gasteiger partial charge >= 0.3 is 0 Å². The standard InChI is InChI=1S/C17H27N5O2/c1-3-15(21-6-4-5-7-21)17(24)22-10-8-20(9-11-22)14-12-16(23)19(2)18-13-14/h12-13,15H,3-11H2,1-2H3. The van der Waals surface area contributed by atoms with Gasteiger partial charge in [0, 0.05) is 39.3 Å². The molecule has 24 heavy (non-hydrogen) atoms. The Morgan fingerprint density at radius 3 is 2.42 bits per heavy atom. The van der Waals surface area contributed by atoms with E-state index in [0.717, 1.165) is 38.3 Å². The molecule has 2 fully saturated rings. The van der Waals surface area contributed by atoms with Gasteiger partial charge in [0.2, 0.25) is 5.91 Å². The van der Waals surface area contributed by atoms with Gasteiger partial charge in [-0.15, -0.1) is 0 Å². The molecule has 0 aliphatic carbocycles. The number of piperazine rings is 1. The molecular formula is C17H27N5O2. The number of likely N-dealkylation sites (tertiary alicyclic amines) is 1. The lowest BCUT2D eigenvalue weighted by molar-refractivity contribution is -0.137. The lowest BCUT2D eigenvalue weighted by Gasteiger charge is -2.38. The van der Waals surface area contributed by atoms with Gasteiger partial charge in [0.1, 0.15) is 0 Å². The topological polar surface area (TPSA) is 61.7 Å². The van der Waals surface area contributed by atoms with Gasteiger partial charge in [0.25, 0.3) is 5.56 Å². The maximum atomic E-state index is 12.9. The quantitative estimate of drug-likeness (QED) is 0.793. The maximum absolute atomic E-state index is 12.9. The summed E-state index contributed by atoms with van der Waals surface area (Å²) in [5.74, 6) is 0.265. The Hall–Kier alpha value is -1.89. The average molecular weight is 333 g/mol. The molecule has 1 aromatic rings. The van der Waals surface area contributed by atoms with Crippen LogP contribution in [0.2, 0.25) is 0 Å². The SMILES string of the molecule is CCC(C(=O)N1CCN(c2cnn(C)c(=O)c2)CC1)N1CCCC1. The molecule has 1 unspecified atom stereocenters. The first-order valence-corrected chi connectivity index (χ1v) is 8.91. The highest BCUT2D eigenvalue weighted by Gasteiger charge is 2.31. The number of hydrogen-bond acceptors (Lipinski definition) is 5. The predicted molar refractivity (Wildman–Crippen MR) is 93.2 cm³/mol. The minimum atomic E-state index is -0.105. The van der Waals surface area contributed by atoms with Gasteiger partial charge in [-0.3, -0.25) is 14.5 Å². The molecule has 3 heterocycles. The van der Waals surface area contributed by atoms with E-state index in [-0.39, 0.29) is 17.5 Å². The van der Waals surface area contributed by atoms with E-state index >= 15 is 0 Å². The van der Waals surface area contributed by atoms with Crippen LogP contribution in [-0.4, -0.2) is 70.8 Å². The molecule has 2 aliphatic rings. The van der Waals surface area contributed by atoms with E-state index in [1.807, 2.05) is 4.90 Å². The first-order chi connectivity index (χ1) is 11.6. The Kier molecular flexibility index (Phi) is 5.18. The van der Waals surface area contributed by atoms with Crippen LogP contribution in [0.1, 0.15) is 26.2 Å². The summed E-state index contributed by atoms with van der Waals surface area (Å²) in [5, 5.41) is 4.08. The number of aryl methyl sites for hydroxylation is 1. The lowest BCUT2D eigenvalue weighted by Crippen LogP contribution is -2.54. The van der Waals surface area contributed by atoms with Crippen molar-refractivity contribution in [3.8, 4) is 0 Å². The van der Waals surface area contributed by atoms with Crippen LogP contribution in [0, 0.1) is 0 Å². The van der Waals surface area contributed by atoms with Crippen LogP contribution in [-0.2, 0) is 11.8 Å². The van der Waals surface area contributed by atoms with Crippen molar-refractivity contribution < 1.29 is 4.79 Å². The molecule has 1 aromatic heterocycles. The minimum Gasteiger partial charge on any atom is -0.367 e. The van der Waals surface area contributed by atoms with Crippen molar-refractivity contribution in [2.24, 2.45) is 7.05 Å². The highest BCUT2D eigenvalue weighted by atomic mass is 16.2. The second-order valence-electron chi connectivity index (χ2n) is 6.66. The summed E-state index contributed by atoms with van der Waals surface area (Å²) in [4.78, 5) is 31.0. The Bertz CT molecular complexity index is 630. The number of rotatable bonds is 4. The number of aromatic nitrogens is 2. The molecule has 132 valence electrons. The van der Waals surface area contributed by atoms with E-state index < -0.39 is 0 Å². The molecule has 2 saturated heterocycles. The Balaban J connectivity index is 1.60. The predicted octanol–water partition coefficient (Wildman–Crippen LogP) is 0.303. The monoisotopic (exact) mass is 333 g/mol. The fourth-order valence-corrected chi connectivity index (χ4v) is 3.67. The van der Waals surface area contributed by atoms with Crippen molar-refractivity contribution >= 4 is 11.6 Å². The molecule has 0 aromatic carbocycles. The molecule has 0 saturated carbocycles. The molecule has 2 aliphatic heterocycles. The van der Waals surface area contributed by atoms with Gasteiger partial charge in [-0.25, -0.2) is 4.68 Å². The van der Waals surface area contributed by atoms with Gasteiger partial charge in [-0.1, -0.05) is 6.92 Å². The van der Waals surface area contributed by atoms with E-state index in [9.17, 15) is 9.59 Å². The third kappa shape index (κ3) is 3.45.